The van der Waals surface area contributed by atoms with Gasteiger partial charge in [0.05, 0.1) is 24.6 Å². The highest BCUT2D eigenvalue weighted by molar-refractivity contribution is 5.85. The lowest BCUT2D eigenvalue weighted by molar-refractivity contribution is 0.243. The van der Waals surface area contributed by atoms with E-state index in [1.54, 1.807) is 13.3 Å². The second-order valence-electron chi connectivity index (χ2n) is 7.85. The number of pyridine rings is 1. The van der Waals surface area contributed by atoms with Crippen LogP contribution in [0, 0.1) is 11.3 Å². The second kappa shape index (κ2) is 12.5. The van der Waals surface area contributed by atoms with Crippen molar-refractivity contribution in [1.82, 2.24) is 9.88 Å². The first-order valence-corrected chi connectivity index (χ1v) is 10.8. The average molecular weight is 485 g/mol. The molecule has 1 fully saturated rings. The van der Waals surface area contributed by atoms with Crippen LogP contribution in [-0.2, 0) is 5.41 Å². The van der Waals surface area contributed by atoms with Gasteiger partial charge in [-0.3, -0.25) is 9.88 Å². The van der Waals surface area contributed by atoms with Gasteiger partial charge in [-0.1, -0.05) is 48.5 Å². The van der Waals surface area contributed by atoms with Gasteiger partial charge in [-0.05, 0) is 36.2 Å². The van der Waals surface area contributed by atoms with Crippen LogP contribution in [0.1, 0.15) is 17.7 Å². The van der Waals surface area contributed by atoms with E-state index in [4.69, 9.17) is 4.74 Å². The lowest BCUT2D eigenvalue weighted by Crippen LogP contribution is -2.47. The van der Waals surface area contributed by atoms with Gasteiger partial charge < -0.3 is 9.64 Å². The van der Waals surface area contributed by atoms with Gasteiger partial charge in [0.25, 0.3) is 0 Å². The third-order valence-electron chi connectivity index (χ3n) is 6.16. The molecule has 0 amide bonds. The first-order chi connectivity index (χ1) is 15.3. The van der Waals surface area contributed by atoms with Crippen molar-refractivity contribution in [2.24, 2.45) is 0 Å². The van der Waals surface area contributed by atoms with Crippen LogP contribution < -0.4 is 9.64 Å². The predicted octanol–water partition coefficient (Wildman–Crippen LogP) is 4.96. The van der Waals surface area contributed by atoms with Crippen LogP contribution in [0.2, 0.25) is 0 Å². The molecule has 2 heterocycles. The summed E-state index contributed by atoms with van der Waals surface area (Å²) < 4.78 is 5.53. The molecule has 0 N–H and O–H groups in total. The van der Waals surface area contributed by atoms with Crippen LogP contribution in [0.25, 0.3) is 0 Å². The molecule has 2 aromatic carbocycles. The van der Waals surface area contributed by atoms with Crippen LogP contribution in [0.15, 0.2) is 79.0 Å². The third-order valence-corrected chi connectivity index (χ3v) is 6.16. The molecule has 0 radical (unpaired) electrons. The number of aromatic nitrogens is 1. The number of nitriles is 1. The van der Waals surface area contributed by atoms with E-state index in [1.165, 1.54) is 0 Å². The summed E-state index contributed by atoms with van der Waals surface area (Å²) in [6.07, 6.45) is 2.48. The Balaban J connectivity index is 0.00000193. The maximum absolute atomic E-state index is 10.3. The van der Waals surface area contributed by atoms with E-state index in [2.05, 4.69) is 33.0 Å². The highest BCUT2D eigenvalue weighted by Crippen LogP contribution is 2.34. The molecule has 1 saturated heterocycles. The van der Waals surface area contributed by atoms with Gasteiger partial charge >= 0.3 is 0 Å². The van der Waals surface area contributed by atoms with Crippen molar-refractivity contribution in [3.05, 3.63) is 90.3 Å². The number of piperazine rings is 1. The summed E-state index contributed by atoms with van der Waals surface area (Å²) in [4.78, 5) is 9.40. The van der Waals surface area contributed by atoms with E-state index >= 15 is 0 Å². The van der Waals surface area contributed by atoms with Crippen molar-refractivity contribution in [2.45, 2.75) is 11.8 Å². The van der Waals surface area contributed by atoms with Crippen molar-refractivity contribution in [1.29, 1.82) is 5.26 Å². The molecule has 5 nitrogen and oxygen atoms in total. The zero-order valence-corrected chi connectivity index (χ0v) is 20.4. The zero-order valence-electron chi connectivity index (χ0n) is 18.8. The fourth-order valence-electron chi connectivity index (χ4n) is 4.37. The average Bonchev–Trinajstić information content (AvgIpc) is 2.86. The van der Waals surface area contributed by atoms with Crippen molar-refractivity contribution in [2.75, 3.05) is 44.7 Å². The van der Waals surface area contributed by atoms with Crippen molar-refractivity contribution < 1.29 is 4.74 Å². The minimum atomic E-state index is -0.748. The van der Waals surface area contributed by atoms with Crippen LogP contribution in [0.5, 0.6) is 5.75 Å². The summed E-state index contributed by atoms with van der Waals surface area (Å²) >= 11 is 0. The Hall–Kier alpha value is -2.78. The van der Waals surface area contributed by atoms with Gasteiger partial charge in [0.15, 0.2) is 0 Å². The topological polar surface area (TPSA) is 52.4 Å². The molecule has 1 unspecified atom stereocenters. The number of hydrogen-bond donors (Lipinski definition) is 0. The smallest absolute Gasteiger partial charge is 0.142 e. The van der Waals surface area contributed by atoms with Gasteiger partial charge in [-0.15, -0.1) is 24.8 Å². The van der Waals surface area contributed by atoms with Crippen LogP contribution >= 0.6 is 24.8 Å². The fraction of sp³-hybridized carbons (Fsp3) is 0.308. The Labute approximate surface area is 208 Å². The number of rotatable bonds is 7. The Morgan fingerprint density at radius 2 is 1.58 bits per heavy atom. The minimum absolute atomic E-state index is 0. The van der Waals surface area contributed by atoms with Gasteiger partial charge in [-0.2, -0.15) is 5.26 Å². The third kappa shape index (κ3) is 5.78. The molecule has 1 aromatic heterocycles. The fourth-order valence-corrected chi connectivity index (χ4v) is 4.37. The Bertz CT molecular complexity index is 980. The Kier molecular flexibility index (Phi) is 9.99. The number of anilines is 1. The SMILES string of the molecule is COc1ccccc1N1CCN(CCC(C#N)(c2ccccc2)c2ccccn2)CC1.Cl.Cl. The Morgan fingerprint density at radius 1 is 0.909 bits per heavy atom. The number of nitrogens with zero attached hydrogens (tertiary/aromatic N) is 4. The molecule has 1 atom stereocenters. The predicted molar refractivity (Wildman–Crippen MR) is 138 cm³/mol. The van der Waals surface area contributed by atoms with Crippen LogP contribution in [0.3, 0.4) is 0 Å². The highest BCUT2D eigenvalue weighted by Gasteiger charge is 2.36. The van der Waals surface area contributed by atoms with Crippen molar-refractivity contribution in [3.8, 4) is 11.8 Å². The number of halogens is 2. The summed E-state index contributed by atoms with van der Waals surface area (Å²) in [6, 6.07) is 26.7. The normalized spacial score (nSPS) is 15.3. The summed E-state index contributed by atoms with van der Waals surface area (Å²) in [5.74, 6) is 0.915. The monoisotopic (exact) mass is 484 g/mol. The van der Waals surface area contributed by atoms with Gasteiger partial charge in [0.2, 0.25) is 0 Å². The number of hydrogen-bond acceptors (Lipinski definition) is 5. The quantitative estimate of drug-likeness (QED) is 0.474. The van der Waals surface area contributed by atoms with E-state index in [-0.39, 0.29) is 24.8 Å². The summed E-state index contributed by atoms with van der Waals surface area (Å²) in [5, 5.41) is 10.3. The highest BCUT2D eigenvalue weighted by atomic mass is 35.5. The van der Waals surface area contributed by atoms with Crippen molar-refractivity contribution >= 4 is 30.5 Å². The van der Waals surface area contributed by atoms with E-state index in [1.807, 2.05) is 60.7 Å². The number of benzene rings is 2. The summed E-state index contributed by atoms with van der Waals surface area (Å²) in [6.45, 7) is 4.63. The molecule has 0 aliphatic carbocycles. The summed E-state index contributed by atoms with van der Waals surface area (Å²) in [7, 11) is 1.72. The van der Waals surface area contributed by atoms with E-state index in [0.29, 0.717) is 6.42 Å². The maximum Gasteiger partial charge on any atom is 0.142 e. The molecule has 33 heavy (non-hydrogen) atoms. The molecule has 7 heteroatoms. The number of ether oxygens (including phenoxy) is 1. The standard InChI is InChI=1S/C26H28N4O.2ClH/c1-31-24-12-6-5-11-23(24)30-19-17-29(18-20-30)16-14-26(21-27,22-9-3-2-4-10-22)25-13-7-8-15-28-25;;/h2-13,15H,14,16-20H2,1H3;2*1H. The molecule has 1 aliphatic heterocycles. The van der Waals surface area contributed by atoms with Gasteiger partial charge in [-0.25, -0.2) is 0 Å². The van der Waals surface area contributed by atoms with Gasteiger partial charge in [0.1, 0.15) is 11.2 Å². The lowest BCUT2D eigenvalue weighted by atomic mass is 9.75. The molecule has 3 aromatic rings. The molecule has 1 aliphatic rings. The molecule has 0 spiro atoms. The van der Waals surface area contributed by atoms with Gasteiger partial charge in [0, 0.05) is 38.9 Å². The van der Waals surface area contributed by atoms with Crippen LogP contribution in [-0.4, -0.2) is 49.7 Å². The minimum Gasteiger partial charge on any atom is -0.495 e. The Morgan fingerprint density at radius 3 is 2.21 bits per heavy atom. The first kappa shape index (κ1) is 26.5. The maximum atomic E-state index is 10.3. The molecule has 0 saturated carbocycles. The van der Waals surface area contributed by atoms with E-state index in [9.17, 15) is 5.26 Å². The molecule has 0 bridgehead atoms. The molecular formula is C26H30Cl2N4O. The molecule has 174 valence electrons. The lowest BCUT2D eigenvalue weighted by Gasteiger charge is -2.38. The number of methoxy groups -OCH3 is 1. The number of para-hydroxylation sites is 2. The molecular weight excluding hydrogens is 455 g/mol. The zero-order chi connectivity index (χ0) is 21.5. The second-order valence-corrected chi connectivity index (χ2v) is 7.85. The van der Waals surface area contributed by atoms with E-state index in [0.717, 1.165) is 55.4 Å². The van der Waals surface area contributed by atoms with Crippen molar-refractivity contribution in [3.63, 3.8) is 0 Å². The van der Waals surface area contributed by atoms with Crippen LogP contribution in [0.4, 0.5) is 5.69 Å². The first-order valence-electron chi connectivity index (χ1n) is 10.8. The van der Waals surface area contributed by atoms with E-state index < -0.39 is 5.41 Å². The molecule has 4 rings (SSSR count). The summed E-state index contributed by atoms with van der Waals surface area (Å²) in [5.41, 5.74) is 2.22. The largest absolute Gasteiger partial charge is 0.495 e.